The third-order valence-electron chi connectivity index (χ3n) is 3.68. The van der Waals surface area contributed by atoms with Crippen LogP contribution in [0.5, 0.6) is 0 Å². The van der Waals surface area contributed by atoms with E-state index in [4.69, 9.17) is 5.11 Å². The minimum absolute atomic E-state index is 0.0244. The largest absolute Gasteiger partial charge is 0.479 e. The summed E-state index contributed by atoms with van der Waals surface area (Å²) in [5.74, 6) is -2.84. The molecule has 22 heavy (non-hydrogen) atoms. The number of carbonyl (C=O) groups is 2. The molecule has 1 aromatic rings. The Bertz CT molecular complexity index is 703. The van der Waals surface area contributed by atoms with Crippen LogP contribution in [0.2, 0.25) is 0 Å². The van der Waals surface area contributed by atoms with Gasteiger partial charge in [0.2, 0.25) is 6.17 Å². The molecule has 1 saturated heterocycles. The van der Waals surface area contributed by atoms with Crippen molar-refractivity contribution in [3.05, 3.63) is 29.8 Å². The van der Waals surface area contributed by atoms with Crippen LogP contribution < -0.4 is 0 Å². The van der Waals surface area contributed by atoms with Gasteiger partial charge in [-0.1, -0.05) is 12.1 Å². The van der Waals surface area contributed by atoms with Gasteiger partial charge in [-0.2, -0.15) is 0 Å². The highest BCUT2D eigenvalue weighted by molar-refractivity contribution is 7.90. The van der Waals surface area contributed by atoms with Gasteiger partial charge in [0, 0.05) is 25.3 Å². The predicted molar refractivity (Wildman–Crippen MR) is 76.1 cm³/mol. The molecule has 2 rings (SSSR count). The van der Waals surface area contributed by atoms with Crippen molar-refractivity contribution >= 4 is 21.7 Å². The molecule has 0 bridgehead atoms. The monoisotopic (exact) mass is 329 g/mol. The summed E-state index contributed by atoms with van der Waals surface area (Å²) in [5, 5.41) is 8.68. The van der Waals surface area contributed by atoms with E-state index >= 15 is 0 Å². The second-order valence-corrected chi connectivity index (χ2v) is 7.29. The minimum Gasteiger partial charge on any atom is -0.479 e. The number of amides is 1. The number of likely N-dealkylation sites (tertiary alicyclic amines) is 1. The Balaban J connectivity index is 2.23. The summed E-state index contributed by atoms with van der Waals surface area (Å²) < 4.78 is 37.0. The van der Waals surface area contributed by atoms with Gasteiger partial charge in [0.25, 0.3) is 5.91 Å². The number of hydrogen-bond acceptors (Lipinski definition) is 4. The molecule has 2 atom stereocenters. The predicted octanol–water partition coefficient (Wildman–Crippen LogP) is 0.975. The molecule has 6 nitrogen and oxygen atoms in total. The van der Waals surface area contributed by atoms with Gasteiger partial charge in [-0.3, -0.25) is 4.79 Å². The molecule has 1 aromatic carbocycles. The summed E-state index contributed by atoms with van der Waals surface area (Å²) in [6, 6.07) is 5.80. The fraction of sp³-hybridized carbons (Fsp3) is 0.429. The van der Waals surface area contributed by atoms with Gasteiger partial charge in [-0.25, -0.2) is 17.6 Å². The number of sulfone groups is 1. The van der Waals surface area contributed by atoms with E-state index in [1.807, 2.05) is 0 Å². The Morgan fingerprint density at radius 2 is 2.00 bits per heavy atom. The molecule has 1 heterocycles. The third kappa shape index (κ3) is 3.27. The number of benzene rings is 1. The Kier molecular flexibility index (Phi) is 4.50. The number of carbonyl (C=O) groups excluding carboxylic acids is 1. The maximum absolute atomic E-state index is 13.5. The van der Waals surface area contributed by atoms with Gasteiger partial charge in [0.15, 0.2) is 9.84 Å². The van der Waals surface area contributed by atoms with Crippen molar-refractivity contribution in [1.82, 2.24) is 4.90 Å². The van der Waals surface area contributed by atoms with Crippen LogP contribution in [0.3, 0.4) is 0 Å². The molecule has 0 saturated carbocycles. The molecular weight excluding hydrogens is 313 g/mol. The van der Waals surface area contributed by atoms with Gasteiger partial charge >= 0.3 is 5.97 Å². The third-order valence-corrected chi connectivity index (χ3v) is 4.83. The van der Waals surface area contributed by atoms with E-state index in [-0.39, 0.29) is 30.0 Å². The van der Waals surface area contributed by atoms with Gasteiger partial charge in [-0.05, 0) is 18.6 Å². The lowest BCUT2D eigenvalue weighted by Crippen LogP contribution is -2.33. The second-order valence-electron chi connectivity index (χ2n) is 5.31. The average Bonchev–Trinajstić information content (AvgIpc) is 2.94. The second kappa shape index (κ2) is 6.04. The first-order chi connectivity index (χ1) is 10.2. The van der Waals surface area contributed by atoms with Gasteiger partial charge in [0.05, 0.1) is 10.5 Å². The number of carboxylic acids is 1. The summed E-state index contributed by atoms with van der Waals surface area (Å²) in [7, 11) is -3.57. The van der Waals surface area contributed by atoms with Crippen LogP contribution in [0.1, 0.15) is 16.8 Å². The van der Waals surface area contributed by atoms with E-state index in [1.54, 1.807) is 6.07 Å². The number of nitrogens with zero attached hydrogens (tertiary/aromatic N) is 1. The minimum atomic E-state index is -3.57. The molecule has 1 N–H and O–H groups in total. The standard InChI is InChI=1S/C14H16FNO5S/c1-22(20,21)11-5-3-2-4-10(11)13(17)16-7-6-9(8-16)12(15)14(18)19/h2-5,9,12H,6-8H2,1H3,(H,18,19). The summed E-state index contributed by atoms with van der Waals surface area (Å²) in [6.07, 6.45) is -0.781. The van der Waals surface area contributed by atoms with E-state index in [2.05, 4.69) is 0 Å². The molecule has 0 radical (unpaired) electrons. The van der Waals surface area contributed by atoms with Gasteiger partial charge in [-0.15, -0.1) is 0 Å². The van der Waals surface area contributed by atoms with Crippen molar-refractivity contribution in [2.45, 2.75) is 17.5 Å². The highest BCUT2D eigenvalue weighted by Gasteiger charge is 2.36. The van der Waals surface area contributed by atoms with Crippen molar-refractivity contribution in [2.24, 2.45) is 5.92 Å². The molecule has 0 spiro atoms. The van der Waals surface area contributed by atoms with Crippen LogP contribution in [-0.2, 0) is 14.6 Å². The number of halogens is 1. The molecule has 120 valence electrons. The van der Waals surface area contributed by atoms with Crippen LogP contribution in [0.25, 0.3) is 0 Å². The Hall–Kier alpha value is -1.96. The molecule has 8 heteroatoms. The SMILES string of the molecule is CS(=O)(=O)c1ccccc1C(=O)N1CCC(C(F)C(=O)O)C1. The fourth-order valence-electron chi connectivity index (χ4n) is 2.55. The topological polar surface area (TPSA) is 91.8 Å². The summed E-state index contributed by atoms with van der Waals surface area (Å²) in [4.78, 5) is 24.3. The molecular formula is C14H16FNO5S. The van der Waals surface area contributed by atoms with Crippen LogP contribution >= 0.6 is 0 Å². The highest BCUT2D eigenvalue weighted by Crippen LogP contribution is 2.25. The van der Waals surface area contributed by atoms with Crippen molar-refractivity contribution in [3.63, 3.8) is 0 Å². The van der Waals surface area contributed by atoms with Crippen molar-refractivity contribution in [2.75, 3.05) is 19.3 Å². The molecule has 1 amide bonds. The fourth-order valence-corrected chi connectivity index (χ4v) is 3.43. The Labute approximate surface area is 127 Å². The molecule has 0 aromatic heterocycles. The number of aliphatic carboxylic acids is 1. The van der Waals surface area contributed by atoms with E-state index in [1.165, 1.54) is 23.1 Å². The lowest BCUT2D eigenvalue weighted by atomic mass is 10.0. The van der Waals surface area contributed by atoms with E-state index < -0.39 is 33.8 Å². The van der Waals surface area contributed by atoms with Crippen LogP contribution in [0.15, 0.2) is 29.2 Å². The lowest BCUT2D eigenvalue weighted by Gasteiger charge is -2.18. The number of rotatable bonds is 4. The van der Waals surface area contributed by atoms with Crippen molar-refractivity contribution < 1.29 is 27.5 Å². The smallest absolute Gasteiger partial charge is 0.338 e. The van der Waals surface area contributed by atoms with Gasteiger partial charge < -0.3 is 10.0 Å². The molecule has 2 unspecified atom stereocenters. The van der Waals surface area contributed by atoms with E-state index in [0.29, 0.717) is 0 Å². The van der Waals surface area contributed by atoms with E-state index in [9.17, 15) is 22.4 Å². The van der Waals surface area contributed by atoms with E-state index in [0.717, 1.165) is 6.26 Å². The normalized spacial score (nSPS) is 19.9. The average molecular weight is 329 g/mol. The maximum Gasteiger partial charge on any atom is 0.338 e. The first-order valence-corrected chi connectivity index (χ1v) is 8.56. The van der Waals surface area contributed by atoms with Crippen molar-refractivity contribution in [1.29, 1.82) is 0 Å². The van der Waals surface area contributed by atoms with Gasteiger partial charge in [0.1, 0.15) is 0 Å². The summed E-state index contributed by atoms with van der Waals surface area (Å²) in [6.45, 7) is 0.166. The highest BCUT2D eigenvalue weighted by atomic mass is 32.2. The molecule has 1 fully saturated rings. The van der Waals surface area contributed by atoms with Crippen LogP contribution in [0, 0.1) is 5.92 Å². The summed E-state index contributed by atoms with van der Waals surface area (Å²) >= 11 is 0. The lowest BCUT2D eigenvalue weighted by molar-refractivity contribution is -0.144. The van der Waals surface area contributed by atoms with Crippen LogP contribution in [-0.4, -0.2) is 55.8 Å². The Morgan fingerprint density at radius 3 is 2.59 bits per heavy atom. The zero-order chi connectivity index (χ0) is 16.5. The summed E-state index contributed by atoms with van der Waals surface area (Å²) in [5.41, 5.74) is 0.0244. The zero-order valence-electron chi connectivity index (χ0n) is 11.9. The van der Waals surface area contributed by atoms with Crippen molar-refractivity contribution in [3.8, 4) is 0 Å². The molecule has 1 aliphatic rings. The number of carboxylic acid groups (broad SMARTS) is 1. The quantitative estimate of drug-likeness (QED) is 0.889. The Morgan fingerprint density at radius 1 is 1.36 bits per heavy atom. The van der Waals surface area contributed by atoms with Crippen LogP contribution in [0.4, 0.5) is 4.39 Å². The molecule has 1 aliphatic heterocycles. The number of alkyl halides is 1. The first kappa shape index (κ1) is 16.4. The zero-order valence-corrected chi connectivity index (χ0v) is 12.7. The first-order valence-electron chi connectivity index (χ1n) is 6.67. The maximum atomic E-state index is 13.5. The number of hydrogen-bond donors (Lipinski definition) is 1. The molecule has 0 aliphatic carbocycles.